The van der Waals surface area contributed by atoms with Crippen molar-refractivity contribution in [1.82, 2.24) is 0 Å². The second kappa shape index (κ2) is 12.2. The molecular weight excluding hydrogens is 639 g/mol. The van der Waals surface area contributed by atoms with Gasteiger partial charge in [0.2, 0.25) is 5.78 Å². The Morgan fingerprint density at radius 3 is 1.86 bits per heavy atom. The number of fused-ring (bicyclic) bond motifs is 3. The van der Waals surface area contributed by atoms with Crippen LogP contribution in [0.2, 0.25) is 5.04 Å². The van der Waals surface area contributed by atoms with E-state index in [1.165, 1.54) is 6.42 Å². The third-order valence-electron chi connectivity index (χ3n) is 11.8. The van der Waals surface area contributed by atoms with Crippen molar-refractivity contribution in [2.75, 3.05) is 0 Å². The smallest absolute Gasteiger partial charge is 0.499 e. The maximum Gasteiger partial charge on any atom is 0.499 e. The Bertz CT molecular complexity index is 1920. The minimum Gasteiger partial charge on any atom is -0.534 e. The molecule has 0 N–H and O–H groups in total. The lowest BCUT2D eigenvalue weighted by atomic mass is 9.63. The fraction of sp³-hybridized carbons (Fsp3) is 0.429. The van der Waals surface area contributed by atoms with Crippen LogP contribution >= 0.6 is 0 Å². The topological polar surface area (TPSA) is 75.0 Å². The lowest BCUT2D eigenvalue weighted by molar-refractivity contribution is 0.00578. The van der Waals surface area contributed by atoms with Gasteiger partial charge in [-0.05, 0) is 79.9 Å². The number of carbonyl (C=O) groups is 2. The Hall–Kier alpha value is -3.72. The second-order valence-corrected chi connectivity index (χ2v) is 21.1. The first kappa shape index (κ1) is 34.7. The molecular formula is C42H49BO6Si. The van der Waals surface area contributed by atoms with Crippen LogP contribution in [0.5, 0.6) is 5.75 Å². The van der Waals surface area contributed by atoms with Crippen molar-refractivity contribution in [1.29, 1.82) is 0 Å². The van der Waals surface area contributed by atoms with Gasteiger partial charge in [0, 0.05) is 22.5 Å². The Labute approximate surface area is 297 Å². The minimum atomic E-state index is -2.93. The maximum absolute atomic E-state index is 14.8. The normalized spacial score (nSPS) is 20.4. The molecule has 8 heteroatoms. The fourth-order valence-electron chi connectivity index (χ4n) is 8.28. The van der Waals surface area contributed by atoms with Gasteiger partial charge in [-0.3, -0.25) is 9.59 Å². The number of hydrogen-bond acceptors (Lipinski definition) is 6. The molecule has 0 bridgehead atoms. The van der Waals surface area contributed by atoms with Crippen LogP contribution < -0.4 is 14.8 Å². The van der Waals surface area contributed by atoms with Crippen LogP contribution in [-0.2, 0) is 9.31 Å². The molecule has 3 aromatic carbocycles. The van der Waals surface area contributed by atoms with Crippen LogP contribution in [-0.4, -0.2) is 38.2 Å². The summed E-state index contributed by atoms with van der Waals surface area (Å²) in [6, 6.07) is 26.6. The predicted octanol–water partition coefficient (Wildman–Crippen LogP) is 9.04. The molecule has 2 heterocycles. The standard InChI is InChI=1S/C42H49BO6Si/c1-39(2,3)50(29-18-12-9-13-19-29,30-20-14-10-15-21-30)47-28-22-23-31-33(26-28)46-38-34(31)36(44)32(27-42(8)24-16-11-17-25-42)35(37(38)45)43-48-40(4,5)41(6,7)49-43/h9-10,12-15,18-23,26H,11,16-17,24-25,27H2,1-8H3. The molecule has 4 aromatic rings. The highest BCUT2D eigenvalue weighted by Gasteiger charge is 2.57. The number of benzene rings is 3. The zero-order chi connectivity index (χ0) is 35.7. The van der Waals surface area contributed by atoms with Crippen LogP contribution in [0, 0.1) is 5.41 Å². The highest BCUT2D eigenvalue weighted by Crippen LogP contribution is 2.48. The van der Waals surface area contributed by atoms with Gasteiger partial charge in [0.1, 0.15) is 11.3 Å². The van der Waals surface area contributed by atoms with Gasteiger partial charge in [-0.15, -0.1) is 0 Å². The van der Waals surface area contributed by atoms with Gasteiger partial charge in [-0.2, -0.15) is 0 Å². The fourth-order valence-corrected chi connectivity index (χ4v) is 12.7. The quantitative estimate of drug-likeness (QED) is 0.181. The first-order valence-corrected chi connectivity index (χ1v) is 20.0. The van der Waals surface area contributed by atoms with Gasteiger partial charge in [-0.25, -0.2) is 0 Å². The summed E-state index contributed by atoms with van der Waals surface area (Å²) in [5, 5.41) is 2.68. The Morgan fingerprint density at radius 1 is 0.760 bits per heavy atom. The average Bonchev–Trinajstić information content (AvgIpc) is 3.55. The van der Waals surface area contributed by atoms with E-state index in [0.29, 0.717) is 34.3 Å². The molecule has 0 unspecified atom stereocenters. The zero-order valence-corrected chi connectivity index (χ0v) is 31.8. The molecule has 7 rings (SSSR count). The van der Waals surface area contributed by atoms with Crippen molar-refractivity contribution < 1.29 is 27.7 Å². The van der Waals surface area contributed by atoms with E-state index >= 15 is 0 Å². The maximum atomic E-state index is 14.8. The van der Waals surface area contributed by atoms with Crippen molar-refractivity contribution in [2.45, 2.75) is 110 Å². The van der Waals surface area contributed by atoms with Gasteiger partial charge in [-0.1, -0.05) is 108 Å². The number of allylic oxidation sites excluding steroid dienone is 2. The van der Waals surface area contributed by atoms with Gasteiger partial charge in [0.25, 0.3) is 0 Å². The summed E-state index contributed by atoms with van der Waals surface area (Å²) in [6.45, 7) is 16.8. The van der Waals surface area contributed by atoms with Gasteiger partial charge in [0.15, 0.2) is 11.5 Å². The third-order valence-corrected chi connectivity index (χ3v) is 16.7. The van der Waals surface area contributed by atoms with E-state index in [1.54, 1.807) is 0 Å². The van der Waals surface area contributed by atoms with Crippen molar-refractivity contribution in [2.24, 2.45) is 5.41 Å². The molecule has 3 aliphatic rings. The summed E-state index contributed by atoms with van der Waals surface area (Å²) in [7, 11) is -3.90. The molecule has 0 amide bonds. The van der Waals surface area contributed by atoms with Crippen LogP contribution in [0.15, 0.2) is 94.3 Å². The highest BCUT2D eigenvalue weighted by molar-refractivity contribution is 7.00. The Balaban J connectivity index is 1.34. The van der Waals surface area contributed by atoms with Gasteiger partial charge in [0.05, 0.1) is 16.8 Å². The Morgan fingerprint density at radius 2 is 1.32 bits per heavy atom. The summed E-state index contributed by atoms with van der Waals surface area (Å²) in [5.74, 6) is 0.176. The zero-order valence-electron chi connectivity index (χ0n) is 30.8. The van der Waals surface area contributed by atoms with Crippen LogP contribution in [0.25, 0.3) is 11.0 Å². The van der Waals surface area contributed by atoms with E-state index in [9.17, 15) is 9.59 Å². The summed E-state index contributed by atoms with van der Waals surface area (Å²) in [4.78, 5) is 29.4. The molecule has 6 nitrogen and oxygen atoms in total. The van der Waals surface area contributed by atoms with Gasteiger partial charge >= 0.3 is 15.4 Å². The molecule has 50 heavy (non-hydrogen) atoms. The first-order valence-electron chi connectivity index (χ1n) is 18.1. The number of rotatable bonds is 7. The molecule has 2 aliphatic carbocycles. The van der Waals surface area contributed by atoms with E-state index in [1.807, 2.05) is 58.0 Å². The molecule has 260 valence electrons. The van der Waals surface area contributed by atoms with Crippen molar-refractivity contribution >= 4 is 48.3 Å². The molecule has 1 saturated carbocycles. The van der Waals surface area contributed by atoms with Crippen molar-refractivity contribution in [3.05, 3.63) is 101 Å². The molecule has 1 aliphatic heterocycles. The SMILES string of the molecule is CC1(CC2=C(B3OC(C)(C)C(C)(C)O3)C(=O)c3oc4cc(O[Si](c5ccccc5)(c5ccccc5)C(C)(C)C)ccc4c3C2=O)CCCCC1. The second-order valence-electron chi connectivity index (χ2n) is 16.9. The van der Waals surface area contributed by atoms with E-state index in [2.05, 4.69) is 76.2 Å². The molecule has 1 saturated heterocycles. The summed E-state index contributed by atoms with van der Waals surface area (Å²) in [6.07, 6.45) is 5.95. The van der Waals surface area contributed by atoms with E-state index in [-0.39, 0.29) is 33.3 Å². The van der Waals surface area contributed by atoms with Gasteiger partial charge < -0.3 is 18.2 Å². The lowest BCUT2D eigenvalue weighted by Gasteiger charge is -2.42. The number of ketones is 2. The molecule has 2 fully saturated rings. The third kappa shape index (κ3) is 5.64. The van der Waals surface area contributed by atoms with Crippen molar-refractivity contribution in [3.8, 4) is 5.75 Å². The highest BCUT2D eigenvalue weighted by atomic mass is 28.4. The predicted molar refractivity (Wildman–Crippen MR) is 202 cm³/mol. The molecule has 0 atom stereocenters. The summed E-state index contributed by atoms with van der Waals surface area (Å²) in [5.41, 5.74) is 0.134. The Kier molecular flexibility index (Phi) is 8.48. The van der Waals surface area contributed by atoms with E-state index in [0.717, 1.165) is 36.1 Å². The monoisotopic (exact) mass is 688 g/mol. The first-order chi connectivity index (χ1) is 23.6. The number of Topliss-reactive ketones (excluding diaryl/α,β-unsaturated/α-hetero) is 2. The number of hydrogen-bond donors (Lipinski definition) is 0. The summed E-state index contributed by atoms with van der Waals surface area (Å²) < 4.78 is 26.6. The van der Waals surface area contributed by atoms with Crippen LogP contribution in [0.3, 0.4) is 0 Å². The van der Waals surface area contributed by atoms with Crippen molar-refractivity contribution in [3.63, 3.8) is 0 Å². The lowest BCUT2D eigenvalue weighted by Crippen LogP contribution is -2.68. The molecule has 0 spiro atoms. The van der Waals surface area contributed by atoms with Crippen LogP contribution in [0.4, 0.5) is 0 Å². The number of furan rings is 1. The summed E-state index contributed by atoms with van der Waals surface area (Å²) >= 11 is 0. The number of carbonyl (C=O) groups excluding carboxylic acids is 2. The van der Waals surface area contributed by atoms with E-state index in [4.69, 9.17) is 18.2 Å². The molecule has 0 radical (unpaired) electrons. The van der Waals surface area contributed by atoms with E-state index < -0.39 is 26.6 Å². The molecule has 1 aromatic heterocycles. The minimum absolute atomic E-state index is 0.0508. The average molecular weight is 689 g/mol. The van der Waals surface area contributed by atoms with Crippen LogP contribution in [0.1, 0.15) is 115 Å². The largest absolute Gasteiger partial charge is 0.534 e.